The molecule has 0 saturated heterocycles. The Morgan fingerprint density at radius 3 is 2.74 bits per heavy atom. The quantitative estimate of drug-likeness (QED) is 0.418. The lowest BCUT2D eigenvalue weighted by Crippen LogP contribution is -2.22. The fourth-order valence-corrected chi connectivity index (χ4v) is 2.15. The summed E-state index contributed by atoms with van der Waals surface area (Å²) in [4.78, 5) is 4.55. The van der Waals surface area contributed by atoms with Gasteiger partial charge in [-0.05, 0) is 36.2 Å². The van der Waals surface area contributed by atoms with E-state index in [1.807, 2.05) is 29.8 Å². The maximum Gasteiger partial charge on any atom is 0.331 e. The second-order valence-electron chi connectivity index (χ2n) is 3.99. The molecule has 1 rings (SSSR count). The number of ether oxygens (including phenoxy) is 1. The van der Waals surface area contributed by atoms with Crippen molar-refractivity contribution < 1.29 is 17.9 Å². The van der Waals surface area contributed by atoms with Crippen LogP contribution in [0.1, 0.15) is 20.3 Å². The largest absolute Gasteiger partial charge is 0.475 e. The Balaban J connectivity index is 2.45. The maximum atomic E-state index is 13.0. The molecule has 0 radical (unpaired) electrons. The van der Waals surface area contributed by atoms with Gasteiger partial charge in [-0.1, -0.05) is 11.8 Å². The standard InChI is InChI=1S/C11H14BrF3N2OS/c1-7(2)18-9-3-5-16-10(17-9)19-6-4-8(13)11(12,14)15/h3,5,7-8H,4,6H2,1-2H3. The van der Waals surface area contributed by atoms with Crippen molar-refractivity contribution in [3.05, 3.63) is 12.3 Å². The fraction of sp³-hybridized carbons (Fsp3) is 0.636. The molecule has 8 heteroatoms. The molecule has 1 heterocycles. The predicted octanol–water partition coefficient (Wildman–Crippen LogP) is 4.07. The van der Waals surface area contributed by atoms with Gasteiger partial charge < -0.3 is 4.74 Å². The highest BCUT2D eigenvalue weighted by Gasteiger charge is 2.36. The molecule has 1 unspecified atom stereocenters. The fourth-order valence-electron chi connectivity index (χ4n) is 1.12. The maximum absolute atomic E-state index is 13.0. The van der Waals surface area contributed by atoms with Crippen LogP contribution in [-0.4, -0.2) is 32.8 Å². The van der Waals surface area contributed by atoms with Crippen LogP contribution >= 0.6 is 27.7 Å². The second-order valence-corrected chi connectivity index (χ2v) is 6.11. The summed E-state index contributed by atoms with van der Waals surface area (Å²) in [5.74, 6) is 0.572. The van der Waals surface area contributed by atoms with E-state index in [1.54, 1.807) is 6.07 Å². The van der Waals surface area contributed by atoms with Crippen molar-refractivity contribution in [1.29, 1.82) is 0 Å². The van der Waals surface area contributed by atoms with Gasteiger partial charge in [-0.2, -0.15) is 13.8 Å². The van der Waals surface area contributed by atoms with Crippen LogP contribution in [0.25, 0.3) is 0 Å². The molecule has 0 spiro atoms. The number of nitrogens with zero attached hydrogens (tertiary/aromatic N) is 2. The van der Waals surface area contributed by atoms with Gasteiger partial charge in [0.15, 0.2) is 11.3 Å². The van der Waals surface area contributed by atoms with Crippen molar-refractivity contribution >= 4 is 27.7 Å². The van der Waals surface area contributed by atoms with Gasteiger partial charge in [0.05, 0.1) is 6.10 Å². The summed E-state index contributed by atoms with van der Waals surface area (Å²) >= 11 is 3.11. The molecule has 1 aromatic rings. The molecule has 0 bridgehead atoms. The molecular weight excluding hydrogens is 345 g/mol. The molecule has 0 amide bonds. The molecule has 0 aliphatic carbocycles. The number of thioether (sulfide) groups is 1. The van der Waals surface area contributed by atoms with E-state index in [2.05, 4.69) is 9.97 Å². The molecule has 19 heavy (non-hydrogen) atoms. The van der Waals surface area contributed by atoms with E-state index in [9.17, 15) is 13.2 Å². The van der Waals surface area contributed by atoms with Crippen molar-refractivity contribution in [2.75, 3.05) is 5.75 Å². The normalized spacial score (nSPS) is 13.6. The average molecular weight is 359 g/mol. The Hall–Kier alpha value is -0.500. The molecule has 108 valence electrons. The van der Waals surface area contributed by atoms with E-state index < -0.39 is 11.0 Å². The van der Waals surface area contributed by atoms with Crippen molar-refractivity contribution in [2.45, 2.75) is 42.5 Å². The highest BCUT2D eigenvalue weighted by Crippen LogP contribution is 2.31. The molecule has 1 aromatic heterocycles. The summed E-state index contributed by atoms with van der Waals surface area (Å²) in [5, 5.41) is 0.378. The van der Waals surface area contributed by atoms with Crippen molar-refractivity contribution in [1.82, 2.24) is 9.97 Å². The predicted molar refractivity (Wildman–Crippen MR) is 71.9 cm³/mol. The van der Waals surface area contributed by atoms with Crippen LogP contribution in [0.5, 0.6) is 5.88 Å². The average Bonchev–Trinajstić information content (AvgIpc) is 2.27. The van der Waals surface area contributed by atoms with Gasteiger partial charge in [0.1, 0.15) is 0 Å². The van der Waals surface area contributed by atoms with E-state index in [-0.39, 0.29) is 18.3 Å². The van der Waals surface area contributed by atoms with E-state index in [0.717, 1.165) is 11.8 Å². The van der Waals surface area contributed by atoms with Crippen LogP contribution in [0.3, 0.4) is 0 Å². The molecule has 0 fully saturated rings. The van der Waals surface area contributed by atoms with Gasteiger partial charge in [-0.15, -0.1) is 0 Å². The number of rotatable bonds is 7. The summed E-state index contributed by atoms with van der Waals surface area (Å²) in [5.41, 5.74) is 0. The van der Waals surface area contributed by atoms with Crippen LogP contribution in [0.15, 0.2) is 17.4 Å². The van der Waals surface area contributed by atoms with E-state index in [1.165, 1.54) is 6.20 Å². The SMILES string of the molecule is CC(C)Oc1ccnc(SCCC(F)C(F)(F)Br)n1. The van der Waals surface area contributed by atoms with Gasteiger partial charge in [0.25, 0.3) is 0 Å². The number of halogens is 4. The molecule has 3 nitrogen and oxygen atoms in total. The first-order valence-electron chi connectivity index (χ1n) is 5.62. The van der Waals surface area contributed by atoms with Crippen molar-refractivity contribution in [3.63, 3.8) is 0 Å². The Bertz CT molecular complexity index is 404. The monoisotopic (exact) mass is 358 g/mol. The number of alkyl halides is 4. The van der Waals surface area contributed by atoms with Crippen molar-refractivity contribution in [2.24, 2.45) is 0 Å². The highest BCUT2D eigenvalue weighted by atomic mass is 79.9. The van der Waals surface area contributed by atoms with Crippen LogP contribution in [0.2, 0.25) is 0 Å². The zero-order valence-corrected chi connectivity index (χ0v) is 12.8. The minimum Gasteiger partial charge on any atom is -0.475 e. The van der Waals surface area contributed by atoms with Gasteiger partial charge in [0, 0.05) is 18.0 Å². The third-order valence-electron chi connectivity index (χ3n) is 1.92. The lowest BCUT2D eigenvalue weighted by Gasteiger charge is -2.13. The summed E-state index contributed by atoms with van der Waals surface area (Å²) in [6.45, 7) is 3.72. The van der Waals surface area contributed by atoms with Crippen LogP contribution in [0, 0.1) is 0 Å². The summed E-state index contributed by atoms with van der Waals surface area (Å²) in [6, 6.07) is 1.61. The first-order valence-corrected chi connectivity index (χ1v) is 7.40. The van der Waals surface area contributed by atoms with E-state index >= 15 is 0 Å². The van der Waals surface area contributed by atoms with Gasteiger partial charge >= 0.3 is 4.83 Å². The highest BCUT2D eigenvalue weighted by molar-refractivity contribution is 9.10. The minimum atomic E-state index is -3.49. The lowest BCUT2D eigenvalue weighted by molar-refractivity contribution is 0.0210. The smallest absolute Gasteiger partial charge is 0.331 e. The number of hydrogen-bond donors (Lipinski definition) is 0. The zero-order chi connectivity index (χ0) is 14.5. The molecule has 0 N–H and O–H groups in total. The molecule has 1 atom stereocenters. The summed E-state index contributed by atoms with van der Waals surface area (Å²) in [6.07, 6.45) is -1.02. The van der Waals surface area contributed by atoms with E-state index in [0.29, 0.717) is 11.0 Å². The Labute approximate surface area is 122 Å². The number of hydrogen-bond acceptors (Lipinski definition) is 4. The molecule has 0 saturated carbocycles. The van der Waals surface area contributed by atoms with Crippen LogP contribution in [-0.2, 0) is 0 Å². The Morgan fingerprint density at radius 2 is 2.16 bits per heavy atom. The topological polar surface area (TPSA) is 35.0 Å². The van der Waals surface area contributed by atoms with Crippen LogP contribution in [0.4, 0.5) is 13.2 Å². The number of aromatic nitrogens is 2. The van der Waals surface area contributed by atoms with Gasteiger partial charge in [0.2, 0.25) is 5.88 Å². The second kappa shape index (κ2) is 7.33. The van der Waals surface area contributed by atoms with Gasteiger partial charge in [-0.25, -0.2) is 9.37 Å². The minimum absolute atomic E-state index is 0.0185. The third kappa shape index (κ3) is 6.47. The first kappa shape index (κ1) is 16.6. The summed E-state index contributed by atoms with van der Waals surface area (Å²) < 4.78 is 43.4. The Kier molecular flexibility index (Phi) is 6.38. The van der Waals surface area contributed by atoms with E-state index in [4.69, 9.17) is 4.74 Å². The first-order chi connectivity index (χ1) is 8.79. The molecule has 0 aliphatic heterocycles. The zero-order valence-electron chi connectivity index (χ0n) is 10.4. The molecular formula is C11H14BrF3N2OS. The lowest BCUT2D eigenvalue weighted by atomic mass is 10.3. The third-order valence-corrected chi connectivity index (χ3v) is 3.31. The molecule has 0 aliphatic rings. The van der Waals surface area contributed by atoms with Crippen molar-refractivity contribution in [3.8, 4) is 5.88 Å². The Morgan fingerprint density at radius 1 is 1.47 bits per heavy atom. The van der Waals surface area contributed by atoms with Crippen LogP contribution < -0.4 is 4.74 Å². The van der Waals surface area contributed by atoms with Gasteiger partial charge in [-0.3, -0.25) is 0 Å². The molecule has 0 aromatic carbocycles. The summed E-state index contributed by atoms with van der Waals surface area (Å²) in [7, 11) is 0.